The van der Waals surface area contributed by atoms with E-state index in [1.165, 1.54) is 0 Å². The highest BCUT2D eigenvalue weighted by atomic mass is 19.1. The average molecular weight is 373 g/mol. The number of benzene rings is 2. The lowest BCUT2D eigenvalue weighted by Crippen LogP contribution is -2.44. The average Bonchev–Trinajstić information content (AvgIpc) is 2.90. The normalized spacial score (nSPS) is 19.1. The zero-order valence-electron chi connectivity index (χ0n) is 14.5. The molecule has 0 unspecified atom stereocenters. The summed E-state index contributed by atoms with van der Waals surface area (Å²) in [6.45, 7) is 1.17. The van der Waals surface area contributed by atoms with Crippen molar-refractivity contribution in [1.82, 2.24) is 10.2 Å². The first kappa shape index (κ1) is 18.5. The minimum Gasteiger partial charge on any atom is -0.322 e. The highest BCUT2D eigenvalue weighted by molar-refractivity contribution is 6.10. The van der Waals surface area contributed by atoms with Gasteiger partial charge in [0, 0.05) is 6.07 Å². The molecule has 4 amide bonds. The third-order valence-corrected chi connectivity index (χ3v) is 4.48. The quantitative estimate of drug-likeness (QED) is 0.791. The van der Waals surface area contributed by atoms with Crippen LogP contribution in [0.25, 0.3) is 0 Å². The number of carbonyl (C=O) groups is 3. The molecule has 0 saturated carbocycles. The minimum atomic E-state index is -1.25. The van der Waals surface area contributed by atoms with Gasteiger partial charge >= 0.3 is 6.03 Å². The fourth-order valence-electron chi connectivity index (χ4n) is 3.06. The molecule has 140 valence electrons. The van der Waals surface area contributed by atoms with Gasteiger partial charge in [0.1, 0.15) is 23.7 Å². The molecular formula is C19H17F2N3O3. The van der Waals surface area contributed by atoms with Crippen LogP contribution in [0.15, 0.2) is 48.5 Å². The summed E-state index contributed by atoms with van der Waals surface area (Å²) in [5.41, 5.74) is -0.878. The molecular weight excluding hydrogens is 356 g/mol. The number of rotatable bonds is 5. The Morgan fingerprint density at radius 1 is 1.15 bits per heavy atom. The molecule has 1 fully saturated rings. The van der Waals surface area contributed by atoms with Gasteiger partial charge in [-0.3, -0.25) is 14.5 Å². The van der Waals surface area contributed by atoms with Crippen LogP contribution < -0.4 is 10.6 Å². The lowest BCUT2D eigenvalue weighted by molar-refractivity contribution is -0.134. The van der Waals surface area contributed by atoms with Gasteiger partial charge in [0.25, 0.3) is 5.91 Å². The van der Waals surface area contributed by atoms with E-state index in [1.807, 2.05) is 0 Å². The predicted molar refractivity (Wildman–Crippen MR) is 93.6 cm³/mol. The standard InChI is InChI=1S/C19H17F2N3O3/c1-2-19(12-6-4-3-5-7-12)17(26)24(18(27)23-19)11-16(25)22-15-9-8-13(20)10-14(15)21/h3-10H,2,11H2,1H3,(H,22,25)(H,23,27)/t19-/m0/s1. The number of hydrogen-bond donors (Lipinski definition) is 2. The zero-order chi connectivity index (χ0) is 19.6. The lowest BCUT2D eigenvalue weighted by atomic mass is 9.87. The molecule has 1 aliphatic rings. The Morgan fingerprint density at radius 2 is 1.85 bits per heavy atom. The maximum Gasteiger partial charge on any atom is 0.325 e. The van der Waals surface area contributed by atoms with Gasteiger partial charge in [0.15, 0.2) is 0 Å². The second-order valence-corrected chi connectivity index (χ2v) is 6.12. The Balaban J connectivity index is 1.78. The van der Waals surface area contributed by atoms with Crippen molar-refractivity contribution < 1.29 is 23.2 Å². The molecule has 0 aliphatic carbocycles. The summed E-state index contributed by atoms with van der Waals surface area (Å²) in [6, 6.07) is 10.7. The summed E-state index contributed by atoms with van der Waals surface area (Å²) in [6.07, 6.45) is 0.298. The highest BCUT2D eigenvalue weighted by Gasteiger charge is 2.51. The Morgan fingerprint density at radius 3 is 2.48 bits per heavy atom. The van der Waals surface area contributed by atoms with Gasteiger partial charge in [-0.2, -0.15) is 0 Å². The maximum atomic E-state index is 13.7. The topological polar surface area (TPSA) is 78.5 Å². The summed E-state index contributed by atoms with van der Waals surface area (Å²) in [5, 5.41) is 4.89. The van der Waals surface area contributed by atoms with Crippen molar-refractivity contribution in [2.75, 3.05) is 11.9 Å². The van der Waals surface area contributed by atoms with Crippen molar-refractivity contribution in [3.8, 4) is 0 Å². The zero-order valence-corrected chi connectivity index (χ0v) is 14.5. The smallest absolute Gasteiger partial charge is 0.322 e. The molecule has 1 saturated heterocycles. The summed E-state index contributed by atoms with van der Waals surface area (Å²) >= 11 is 0. The number of anilines is 1. The van der Waals surface area contributed by atoms with Crippen LogP contribution in [-0.4, -0.2) is 29.3 Å². The fraction of sp³-hybridized carbons (Fsp3) is 0.211. The van der Waals surface area contributed by atoms with Crippen molar-refractivity contribution in [2.24, 2.45) is 0 Å². The van der Waals surface area contributed by atoms with E-state index >= 15 is 0 Å². The van der Waals surface area contributed by atoms with Crippen LogP contribution in [0.4, 0.5) is 19.3 Å². The summed E-state index contributed by atoms with van der Waals surface area (Å²) in [7, 11) is 0. The molecule has 6 nitrogen and oxygen atoms in total. The number of nitrogens with one attached hydrogen (secondary N) is 2. The first-order valence-corrected chi connectivity index (χ1v) is 8.32. The molecule has 0 bridgehead atoms. The third-order valence-electron chi connectivity index (χ3n) is 4.48. The maximum absolute atomic E-state index is 13.7. The van der Waals surface area contributed by atoms with E-state index in [4.69, 9.17) is 0 Å². The van der Waals surface area contributed by atoms with Gasteiger partial charge in [0.2, 0.25) is 5.91 Å². The summed E-state index contributed by atoms with van der Waals surface area (Å²) in [5.74, 6) is -3.07. The number of hydrogen-bond acceptors (Lipinski definition) is 3. The third kappa shape index (κ3) is 3.38. The number of carbonyl (C=O) groups excluding carboxylic acids is 3. The van der Waals surface area contributed by atoms with E-state index in [2.05, 4.69) is 10.6 Å². The largest absolute Gasteiger partial charge is 0.325 e. The van der Waals surface area contributed by atoms with Crippen molar-refractivity contribution in [3.63, 3.8) is 0 Å². The van der Waals surface area contributed by atoms with Crippen molar-refractivity contribution >= 4 is 23.5 Å². The summed E-state index contributed by atoms with van der Waals surface area (Å²) in [4.78, 5) is 38.2. The van der Waals surface area contributed by atoms with Crippen LogP contribution in [-0.2, 0) is 15.1 Å². The van der Waals surface area contributed by atoms with Gasteiger partial charge in [-0.05, 0) is 24.1 Å². The molecule has 0 aromatic heterocycles. The first-order chi connectivity index (χ1) is 12.9. The van der Waals surface area contributed by atoms with E-state index < -0.39 is 41.6 Å². The van der Waals surface area contributed by atoms with Crippen LogP contribution in [0.1, 0.15) is 18.9 Å². The molecule has 0 spiro atoms. The molecule has 1 heterocycles. The van der Waals surface area contributed by atoms with Crippen LogP contribution in [0.2, 0.25) is 0 Å². The monoisotopic (exact) mass is 373 g/mol. The first-order valence-electron chi connectivity index (χ1n) is 8.32. The number of urea groups is 1. The Bertz CT molecular complexity index is 904. The second kappa shape index (κ2) is 7.14. The van der Waals surface area contributed by atoms with Gasteiger partial charge in [-0.1, -0.05) is 37.3 Å². The lowest BCUT2D eigenvalue weighted by Gasteiger charge is -2.25. The fourth-order valence-corrected chi connectivity index (χ4v) is 3.06. The molecule has 1 atom stereocenters. The Hall–Kier alpha value is -3.29. The number of nitrogens with zero attached hydrogens (tertiary/aromatic N) is 1. The van der Waals surface area contributed by atoms with Crippen molar-refractivity contribution in [3.05, 3.63) is 65.7 Å². The van der Waals surface area contributed by atoms with Gasteiger partial charge in [-0.15, -0.1) is 0 Å². The van der Waals surface area contributed by atoms with E-state index in [-0.39, 0.29) is 5.69 Å². The van der Waals surface area contributed by atoms with Crippen LogP contribution in [0, 0.1) is 11.6 Å². The molecule has 3 rings (SSSR count). The van der Waals surface area contributed by atoms with Crippen molar-refractivity contribution in [1.29, 1.82) is 0 Å². The van der Waals surface area contributed by atoms with Gasteiger partial charge in [-0.25, -0.2) is 13.6 Å². The van der Waals surface area contributed by atoms with Crippen LogP contribution in [0.3, 0.4) is 0 Å². The Kier molecular flexibility index (Phi) is 4.89. The van der Waals surface area contributed by atoms with Gasteiger partial charge in [0.05, 0.1) is 5.69 Å². The number of amides is 4. The Labute approximate surface area is 154 Å². The molecule has 1 aliphatic heterocycles. The van der Waals surface area contributed by atoms with Gasteiger partial charge < -0.3 is 10.6 Å². The molecule has 0 radical (unpaired) electrons. The van der Waals surface area contributed by atoms with Crippen LogP contribution in [0.5, 0.6) is 0 Å². The van der Waals surface area contributed by atoms with E-state index in [0.29, 0.717) is 18.1 Å². The molecule has 2 N–H and O–H groups in total. The molecule has 8 heteroatoms. The van der Waals surface area contributed by atoms with E-state index in [1.54, 1.807) is 37.3 Å². The van der Waals surface area contributed by atoms with Crippen molar-refractivity contribution in [2.45, 2.75) is 18.9 Å². The summed E-state index contributed by atoms with van der Waals surface area (Å²) < 4.78 is 26.6. The van der Waals surface area contributed by atoms with E-state index in [9.17, 15) is 23.2 Å². The number of halogens is 2. The predicted octanol–water partition coefficient (Wildman–Crippen LogP) is 2.76. The SMILES string of the molecule is CC[C@@]1(c2ccccc2)NC(=O)N(CC(=O)Nc2ccc(F)cc2F)C1=O. The highest BCUT2D eigenvalue weighted by Crippen LogP contribution is 2.32. The molecule has 27 heavy (non-hydrogen) atoms. The minimum absolute atomic E-state index is 0.238. The molecule has 2 aromatic rings. The second-order valence-electron chi connectivity index (χ2n) is 6.12. The number of imide groups is 1. The van der Waals surface area contributed by atoms with E-state index in [0.717, 1.165) is 17.0 Å². The van der Waals surface area contributed by atoms with Crippen LogP contribution >= 0.6 is 0 Å². The molecule has 2 aromatic carbocycles.